The fourth-order valence-electron chi connectivity index (χ4n) is 2.09. The number of aryl methyl sites for hydroxylation is 1. The molecule has 2 rings (SSSR count). The van der Waals surface area contributed by atoms with Crippen LogP contribution in [0.25, 0.3) is 10.9 Å². The molecule has 0 aliphatic heterocycles. The summed E-state index contributed by atoms with van der Waals surface area (Å²) in [7, 11) is 0. The molecule has 0 spiro atoms. The number of nitrogens with two attached hydrogens (primary N) is 1. The third-order valence-corrected chi connectivity index (χ3v) is 3.00. The molecule has 0 aliphatic carbocycles. The summed E-state index contributed by atoms with van der Waals surface area (Å²) in [5.41, 5.74) is 9.12. The van der Waals surface area contributed by atoms with Gasteiger partial charge in [0, 0.05) is 22.3 Å². The smallest absolute Gasteiger partial charge is 0.0457 e. The van der Waals surface area contributed by atoms with Gasteiger partial charge in [0.15, 0.2) is 0 Å². The van der Waals surface area contributed by atoms with Crippen molar-refractivity contribution < 1.29 is 0 Å². The van der Waals surface area contributed by atoms with E-state index in [1.165, 1.54) is 42.3 Å². The molecule has 86 valence electrons. The molecule has 1 heterocycles. The summed E-state index contributed by atoms with van der Waals surface area (Å²) >= 11 is 0. The van der Waals surface area contributed by atoms with Gasteiger partial charge < -0.3 is 10.7 Å². The number of unbranched alkanes of at least 4 members (excludes halogenated alkanes) is 3. The van der Waals surface area contributed by atoms with Crippen LogP contribution >= 0.6 is 0 Å². The van der Waals surface area contributed by atoms with Crippen LogP contribution in [0.4, 0.5) is 5.69 Å². The van der Waals surface area contributed by atoms with Gasteiger partial charge in [-0.2, -0.15) is 0 Å². The second-order valence-electron chi connectivity index (χ2n) is 4.45. The van der Waals surface area contributed by atoms with Crippen LogP contribution in [0.15, 0.2) is 24.3 Å². The Bertz CT molecular complexity index is 457. The summed E-state index contributed by atoms with van der Waals surface area (Å²) in [4.78, 5) is 3.44. The van der Waals surface area contributed by atoms with Gasteiger partial charge >= 0.3 is 0 Å². The SMILES string of the molecule is CCCCCCc1cc2cc(N)ccc2[nH]1. The fourth-order valence-corrected chi connectivity index (χ4v) is 2.09. The maximum absolute atomic E-state index is 5.76. The Morgan fingerprint density at radius 2 is 2.00 bits per heavy atom. The normalized spacial score (nSPS) is 11.1. The molecule has 0 bridgehead atoms. The van der Waals surface area contributed by atoms with Crippen molar-refractivity contribution in [2.75, 3.05) is 5.73 Å². The Balaban J connectivity index is 2.02. The molecular formula is C14H20N2. The van der Waals surface area contributed by atoms with Gasteiger partial charge in [-0.3, -0.25) is 0 Å². The highest BCUT2D eigenvalue weighted by Gasteiger charge is 2.00. The van der Waals surface area contributed by atoms with E-state index < -0.39 is 0 Å². The number of fused-ring (bicyclic) bond motifs is 1. The molecule has 2 heteroatoms. The van der Waals surface area contributed by atoms with Gasteiger partial charge in [0.25, 0.3) is 0 Å². The van der Waals surface area contributed by atoms with Crippen molar-refractivity contribution >= 4 is 16.6 Å². The van der Waals surface area contributed by atoms with Crippen molar-refractivity contribution in [2.45, 2.75) is 39.0 Å². The highest BCUT2D eigenvalue weighted by Crippen LogP contribution is 2.19. The van der Waals surface area contributed by atoms with Crippen molar-refractivity contribution in [2.24, 2.45) is 0 Å². The van der Waals surface area contributed by atoms with Crippen molar-refractivity contribution in [1.82, 2.24) is 4.98 Å². The number of aromatic nitrogens is 1. The molecule has 1 aromatic heterocycles. The van der Waals surface area contributed by atoms with Gasteiger partial charge in [0.2, 0.25) is 0 Å². The molecule has 0 amide bonds. The molecule has 0 unspecified atom stereocenters. The number of nitrogens with one attached hydrogen (secondary N) is 1. The van der Waals surface area contributed by atoms with E-state index in [4.69, 9.17) is 5.73 Å². The lowest BCUT2D eigenvalue weighted by atomic mass is 10.1. The summed E-state index contributed by atoms with van der Waals surface area (Å²) in [5, 5.41) is 1.23. The summed E-state index contributed by atoms with van der Waals surface area (Å²) in [6, 6.07) is 8.25. The number of hydrogen-bond acceptors (Lipinski definition) is 1. The summed E-state index contributed by atoms with van der Waals surface area (Å²) in [5.74, 6) is 0. The van der Waals surface area contributed by atoms with Crippen LogP contribution in [0.1, 0.15) is 38.3 Å². The molecule has 0 atom stereocenters. The van der Waals surface area contributed by atoms with E-state index in [-0.39, 0.29) is 0 Å². The second kappa shape index (κ2) is 5.06. The van der Waals surface area contributed by atoms with Crippen LogP contribution in [0.5, 0.6) is 0 Å². The zero-order valence-electron chi connectivity index (χ0n) is 9.92. The minimum Gasteiger partial charge on any atom is -0.399 e. The van der Waals surface area contributed by atoms with Crippen LogP contribution in [0.3, 0.4) is 0 Å². The van der Waals surface area contributed by atoms with Crippen molar-refractivity contribution in [3.8, 4) is 0 Å². The Hall–Kier alpha value is -1.44. The van der Waals surface area contributed by atoms with Gasteiger partial charge in [-0.1, -0.05) is 26.2 Å². The molecule has 16 heavy (non-hydrogen) atoms. The van der Waals surface area contributed by atoms with Crippen molar-refractivity contribution in [3.63, 3.8) is 0 Å². The molecule has 0 saturated carbocycles. The third kappa shape index (κ3) is 2.57. The number of hydrogen-bond donors (Lipinski definition) is 2. The summed E-state index contributed by atoms with van der Waals surface area (Å²) in [6.07, 6.45) is 6.38. The predicted molar refractivity (Wildman–Crippen MR) is 70.6 cm³/mol. The zero-order valence-corrected chi connectivity index (χ0v) is 9.92. The Morgan fingerprint density at radius 1 is 1.12 bits per heavy atom. The molecule has 3 N–H and O–H groups in total. The zero-order chi connectivity index (χ0) is 11.4. The van der Waals surface area contributed by atoms with E-state index in [2.05, 4.69) is 24.0 Å². The first-order chi connectivity index (χ1) is 7.79. The number of anilines is 1. The first kappa shape index (κ1) is 11.1. The minimum atomic E-state index is 0.837. The van der Waals surface area contributed by atoms with Gasteiger partial charge in [-0.15, -0.1) is 0 Å². The van der Waals surface area contributed by atoms with Gasteiger partial charge in [-0.05, 0) is 37.1 Å². The monoisotopic (exact) mass is 216 g/mol. The van der Waals surface area contributed by atoms with Gasteiger partial charge in [0.1, 0.15) is 0 Å². The van der Waals surface area contributed by atoms with Crippen LogP contribution in [0, 0.1) is 0 Å². The largest absolute Gasteiger partial charge is 0.399 e. The minimum absolute atomic E-state index is 0.837. The van der Waals surface area contributed by atoms with E-state index >= 15 is 0 Å². The van der Waals surface area contributed by atoms with Crippen LogP contribution < -0.4 is 5.73 Å². The average Bonchev–Trinajstić information content (AvgIpc) is 2.66. The van der Waals surface area contributed by atoms with Crippen LogP contribution in [0.2, 0.25) is 0 Å². The molecule has 2 aromatic rings. The molecule has 0 aliphatic rings. The third-order valence-electron chi connectivity index (χ3n) is 3.00. The lowest BCUT2D eigenvalue weighted by Gasteiger charge is -1.96. The summed E-state index contributed by atoms with van der Waals surface area (Å²) in [6.45, 7) is 2.24. The van der Waals surface area contributed by atoms with E-state index in [9.17, 15) is 0 Å². The van der Waals surface area contributed by atoms with Crippen LogP contribution in [-0.4, -0.2) is 4.98 Å². The molecule has 2 nitrogen and oxygen atoms in total. The number of rotatable bonds is 5. The van der Waals surface area contributed by atoms with Gasteiger partial charge in [0.05, 0.1) is 0 Å². The maximum Gasteiger partial charge on any atom is 0.0457 e. The first-order valence-electron chi connectivity index (χ1n) is 6.16. The van der Waals surface area contributed by atoms with E-state index in [0.717, 1.165) is 12.1 Å². The fraction of sp³-hybridized carbons (Fsp3) is 0.429. The first-order valence-corrected chi connectivity index (χ1v) is 6.16. The Kier molecular flexibility index (Phi) is 3.50. The maximum atomic E-state index is 5.76. The quantitative estimate of drug-likeness (QED) is 0.578. The molecule has 1 aromatic carbocycles. The molecule has 0 radical (unpaired) electrons. The topological polar surface area (TPSA) is 41.8 Å². The van der Waals surface area contributed by atoms with Crippen LogP contribution in [-0.2, 0) is 6.42 Å². The Labute approximate surface area is 96.9 Å². The highest BCUT2D eigenvalue weighted by atomic mass is 14.7. The van der Waals surface area contributed by atoms with Crippen molar-refractivity contribution in [3.05, 3.63) is 30.0 Å². The number of H-pyrrole nitrogens is 1. The van der Waals surface area contributed by atoms with E-state index in [1.807, 2.05) is 12.1 Å². The Morgan fingerprint density at radius 3 is 2.81 bits per heavy atom. The standard InChI is InChI=1S/C14H20N2/c1-2-3-4-5-6-13-10-11-9-12(15)7-8-14(11)16-13/h7-10,16H,2-6,15H2,1H3. The number of benzene rings is 1. The molecule has 0 saturated heterocycles. The van der Waals surface area contributed by atoms with E-state index in [0.29, 0.717) is 0 Å². The molecular weight excluding hydrogens is 196 g/mol. The second-order valence-corrected chi connectivity index (χ2v) is 4.45. The van der Waals surface area contributed by atoms with Gasteiger partial charge in [-0.25, -0.2) is 0 Å². The highest BCUT2D eigenvalue weighted by molar-refractivity contribution is 5.83. The van der Waals surface area contributed by atoms with Crippen molar-refractivity contribution in [1.29, 1.82) is 0 Å². The number of nitrogen functional groups attached to an aromatic ring is 1. The number of aromatic amines is 1. The predicted octanol–water partition coefficient (Wildman–Crippen LogP) is 3.87. The summed E-state index contributed by atoms with van der Waals surface area (Å²) < 4.78 is 0. The lowest BCUT2D eigenvalue weighted by molar-refractivity contribution is 0.662. The van der Waals surface area contributed by atoms with E-state index in [1.54, 1.807) is 0 Å². The average molecular weight is 216 g/mol. The lowest BCUT2D eigenvalue weighted by Crippen LogP contribution is -1.85. The molecule has 0 fully saturated rings.